The Morgan fingerprint density at radius 2 is 1.94 bits per heavy atom. The van der Waals surface area contributed by atoms with Gasteiger partial charge < -0.3 is 4.74 Å². The van der Waals surface area contributed by atoms with Gasteiger partial charge in [0.1, 0.15) is 0 Å². The smallest absolute Gasteiger partial charge is 0.420 e. The van der Waals surface area contributed by atoms with Crippen LogP contribution >= 0.6 is 0 Å². The van der Waals surface area contributed by atoms with E-state index in [0.29, 0.717) is 6.42 Å². The van der Waals surface area contributed by atoms with Crippen LogP contribution in [0.3, 0.4) is 0 Å². The van der Waals surface area contributed by atoms with Crippen molar-refractivity contribution in [3.63, 3.8) is 0 Å². The Labute approximate surface area is 94.5 Å². The van der Waals surface area contributed by atoms with Gasteiger partial charge in [-0.15, -0.1) is 0 Å². The molecule has 0 unspecified atom stereocenters. The molecule has 0 heterocycles. The van der Waals surface area contributed by atoms with Crippen molar-refractivity contribution >= 4 is 16.1 Å². The fourth-order valence-electron chi connectivity index (χ4n) is 1.12. The third-order valence-electron chi connectivity index (χ3n) is 1.93. The zero-order chi connectivity index (χ0) is 12.0. The van der Waals surface area contributed by atoms with E-state index in [0.717, 1.165) is 12.7 Å². The Morgan fingerprint density at radius 1 is 1.31 bits per heavy atom. The Kier molecular flexibility index (Phi) is 4.30. The van der Waals surface area contributed by atoms with Crippen molar-refractivity contribution in [2.45, 2.75) is 6.42 Å². The highest BCUT2D eigenvalue weighted by molar-refractivity contribution is 7.90. The summed E-state index contributed by atoms with van der Waals surface area (Å²) in [4.78, 5) is 10.7. The predicted octanol–water partition coefficient (Wildman–Crippen LogP) is 0.915. The van der Waals surface area contributed by atoms with Gasteiger partial charge in [-0.25, -0.2) is 17.9 Å². The number of methoxy groups -OCH3 is 1. The lowest BCUT2D eigenvalue weighted by Gasteiger charge is -2.05. The molecule has 1 N–H and O–H groups in total. The first-order valence-electron chi connectivity index (χ1n) is 4.66. The zero-order valence-electron chi connectivity index (χ0n) is 8.84. The van der Waals surface area contributed by atoms with E-state index in [1.165, 1.54) is 0 Å². The van der Waals surface area contributed by atoms with Gasteiger partial charge in [-0.1, -0.05) is 30.3 Å². The zero-order valence-corrected chi connectivity index (χ0v) is 9.66. The number of rotatable bonds is 4. The van der Waals surface area contributed by atoms with Crippen molar-refractivity contribution in [2.24, 2.45) is 0 Å². The van der Waals surface area contributed by atoms with Gasteiger partial charge in [-0.3, -0.25) is 0 Å². The van der Waals surface area contributed by atoms with Crippen molar-refractivity contribution < 1.29 is 17.9 Å². The first-order valence-corrected chi connectivity index (χ1v) is 6.31. The van der Waals surface area contributed by atoms with Crippen LogP contribution < -0.4 is 4.72 Å². The summed E-state index contributed by atoms with van der Waals surface area (Å²) >= 11 is 0. The molecule has 0 saturated heterocycles. The van der Waals surface area contributed by atoms with E-state index >= 15 is 0 Å². The lowest BCUT2D eigenvalue weighted by atomic mass is 10.2. The number of hydrogen-bond acceptors (Lipinski definition) is 4. The molecule has 1 amide bonds. The average Bonchev–Trinajstić information content (AvgIpc) is 2.27. The molecule has 1 rings (SSSR count). The fourth-order valence-corrected chi connectivity index (χ4v) is 2.06. The SMILES string of the molecule is COC(=O)NS(=O)(=O)CCc1ccccc1. The number of carbonyl (C=O) groups is 1. The number of ether oxygens (including phenoxy) is 1. The highest BCUT2D eigenvalue weighted by Crippen LogP contribution is 2.01. The third kappa shape index (κ3) is 4.31. The summed E-state index contributed by atoms with van der Waals surface area (Å²) in [7, 11) is -2.50. The lowest BCUT2D eigenvalue weighted by Crippen LogP contribution is -2.32. The largest absolute Gasteiger partial charge is 0.452 e. The lowest BCUT2D eigenvalue weighted by molar-refractivity contribution is 0.177. The molecule has 1 aromatic rings. The topological polar surface area (TPSA) is 72.5 Å². The van der Waals surface area contributed by atoms with Gasteiger partial charge in [0.2, 0.25) is 10.0 Å². The second-order valence-corrected chi connectivity index (χ2v) is 4.99. The molecule has 5 nitrogen and oxygen atoms in total. The van der Waals surface area contributed by atoms with Crippen molar-refractivity contribution in [3.05, 3.63) is 35.9 Å². The van der Waals surface area contributed by atoms with Gasteiger partial charge >= 0.3 is 6.09 Å². The number of amides is 1. The van der Waals surface area contributed by atoms with E-state index in [2.05, 4.69) is 4.74 Å². The molecular formula is C10H13NO4S. The number of sulfonamides is 1. The van der Waals surface area contributed by atoms with Crippen LogP contribution in [0.5, 0.6) is 0 Å². The number of hydrogen-bond donors (Lipinski definition) is 1. The van der Waals surface area contributed by atoms with E-state index in [4.69, 9.17) is 0 Å². The maximum Gasteiger partial charge on any atom is 0.420 e. The van der Waals surface area contributed by atoms with Crippen LogP contribution in [0, 0.1) is 0 Å². The first kappa shape index (κ1) is 12.5. The summed E-state index contributed by atoms with van der Waals surface area (Å²) in [5.41, 5.74) is 0.901. The van der Waals surface area contributed by atoms with E-state index in [9.17, 15) is 13.2 Å². The molecule has 0 radical (unpaired) electrons. The average molecular weight is 243 g/mol. The second-order valence-electron chi connectivity index (χ2n) is 3.15. The molecule has 0 saturated carbocycles. The minimum absolute atomic E-state index is 0.147. The molecule has 0 atom stereocenters. The van der Waals surface area contributed by atoms with Gasteiger partial charge in [0, 0.05) is 0 Å². The maximum absolute atomic E-state index is 11.4. The Bertz CT molecular complexity index is 441. The Hall–Kier alpha value is -1.56. The minimum atomic E-state index is -3.62. The summed E-state index contributed by atoms with van der Waals surface area (Å²) in [6, 6.07) is 9.16. The van der Waals surface area contributed by atoms with Gasteiger partial charge in [-0.05, 0) is 12.0 Å². The molecule has 88 valence electrons. The summed E-state index contributed by atoms with van der Waals surface area (Å²) in [5, 5.41) is 0. The number of aryl methyl sites for hydroxylation is 1. The van der Waals surface area contributed by atoms with Gasteiger partial charge in [0.05, 0.1) is 12.9 Å². The molecule has 0 aromatic heterocycles. The van der Waals surface area contributed by atoms with E-state index in [1.807, 2.05) is 30.3 Å². The molecule has 0 spiro atoms. The van der Waals surface area contributed by atoms with Crippen molar-refractivity contribution in [3.8, 4) is 0 Å². The standard InChI is InChI=1S/C10H13NO4S/c1-15-10(12)11-16(13,14)8-7-9-5-3-2-4-6-9/h2-6H,7-8H2,1H3,(H,11,12). The molecule has 1 aromatic carbocycles. The molecular weight excluding hydrogens is 230 g/mol. The summed E-state index contributed by atoms with van der Waals surface area (Å²) in [5.74, 6) is -0.147. The summed E-state index contributed by atoms with van der Waals surface area (Å²) < 4.78 is 28.7. The quantitative estimate of drug-likeness (QED) is 0.853. The minimum Gasteiger partial charge on any atom is -0.452 e. The highest BCUT2D eigenvalue weighted by atomic mass is 32.2. The molecule has 0 aliphatic rings. The Morgan fingerprint density at radius 3 is 2.50 bits per heavy atom. The Balaban J connectivity index is 2.52. The van der Waals surface area contributed by atoms with Crippen molar-refractivity contribution in [1.29, 1.82) is 0 Å². The van der Waals surface area contributed by atoms with Crippen molar-refractivity contribution in [1.82, 2.24) is 4.72 Å². The fraction of sp³-hybridized carbons (Fsp3) is 0.300. The molecule has 6 heteroatoms. The third-order valence-corrected chi connectivity index (χ3v) is 3.15. The number of benzene rings is 1. The number of nitrogens with one attached hydrogen (secondary N) is 1. The van der Waals surface area contributed by atoms with Crippen LogP contribution in [-0.2, 0) is 21.2 Å². The molecule has 0 fully saturated rings. The molecule has 0 bridgehead atoms. The van der Waals surface area contributed by atoms with Crippen LogP contribution in [0.4, 0.5) is 4.79 Å². The van der Waals surface area contributed by atoms with E-state index in [1.54, 1.807) is 4.72 Å². The van der Waals surface area contributed by atoms with Gasteiger partial charge in [0.25, 0.3) is 0 Å². The van der Waals surface area contributed by atoms with Crippen LogP contribution in [0.2, 0.25) is 0 Å². The van der Waals surface area contributed by atoms with Crippen molar-refractivity contribution in [2.75, 3.05) is 12.9 Å². The van der Waals surface area contributed by atoms with Gasteiger partial charge in [0.15, 0.2) is 0 Å². The number of carbonyl (C=O) groups excluding carboxylic acids is 1. The summed E-state index contributed by atoms with van der Waals surface area (Å²) in [6.45, 7) is 0. The van der Waals surface area contributed by atoms with Gasteiger partial charge in [-0.2, -0.15) is 0 Å². The molecule has 0 aliphatic heterocycles. The second kappa shape index (κ2) is 5.50. The van der Waals surface area contributed by atoms with E-state index in [-0.39, 0.29) is 5.75 Å². The molecule has 0 aliphatic carbocycles. The van der Waals surface area contributed by atoms with Crippen LogP contribution in [-0.4, -0.2) is 27.4 Å². The van der Waals surface area contributed by atoms with Crippen LogP contribution in [0.15, 0.2) is 30.3 Å². The summed E-state index contributed by atoms with van der Waals surface area (Å²) in [6.07, 6.45) is -0.610. The monoisotopic (exact) mass is 243 g/mol. The first-order chi connectivity index (χ1) is 7.53. The maximum atomic E-state index is 11.4. The van der Waals surface area contributed by atoms with Crippen LogP contribution in [0.1, 0.15) is 5.56 Å². The highest BCUT2D eigenvalue weighted by Gasteiger charge is 2.14. The normalized spacial score (nSPS) is 10.8. The molecule has 16 heavy (non-hydrogen) atoms. The van der Waals surface area contributed by atoms with Crippen LogP contribution in [0.25, 0.3) is 0 Å². The van der Waals surface area contributed by atoms with E-state index < -0.39 is 16.1 Å². The predicted molar refractivity (Wildman–Crippen MR) is 59.5 cm³/mol.